The zero-order valence-corrected chi connectivity index (χ0v) is 19.2. The molecule has 2 heterocycles. The summed E-state index contributed by atoms with van der Waals surface area (Å²) < 4.78 is 7.72. The predicted molar refractivity (Wildman–Crippen MR) is 131 cm³/mol. The van der Waals surface area contributed by atoms with E-state index in [-0.39, 0.29) is 11.9 Å². The highest BCUT2D eigenvalue weighted by Crippen LogP contribution is 2.29. The minimum atomic E-state index is -0.507. The molecule has 8 heteroatoms. The number of nitrogens with zero attached hydrogens (tertiary/aromatic N) is 3. The zero-order valence-electron chi connectivity index (χ0n) is 19.2. The second-order valence-corrected chi connectivity index (χ2v) is 8.25. The van der Waals surface area contributed by atoms with Crippen molar-refractivity contribution in [3.63, 3.8) is 0 Å². The van der Waals surface area contributed by atoms with Crippen LogP contribution in [0.15, 0.2) is 72.9 Å². The lowest BCUT2D eigenvalue weighted by atomic mass is 10.1. The minimum Gasteiger partial charge on any atom is -0.457 e. The van der Waals surface area contributed by atoms with Crippen LogP contribution in [0.2, 0.25) is 0 Å². The number of primary amides is 1. The molecule has 1 aliphatic heterocycles. The number of para-hydroxylation sites is 1. The Morgan fingerprint density at radius 2 is 1.88 bits per heavy atom. The zero-order chi connectivity index (χ0) is 23.9. The van der Waals surface area contributed by atoms with Crippen LogP contribution >= 0.6 is 0 Å². The van der Waals surface area contributed by atoms with Crippen molar-refractivity contribution in [3.8, 4) is 22.8 Å². The van der Waals surface area contributed by atoms with Crippen molar-refractivity contribution in [2.75, 3.05) is 26.7 Å². The molecule has 3 aromatic rings. The summed E-state index contributed by atoms with van der Waals surface area (Å²) in [6, 6.07) is 17.1. The highest BCUT2D eigenvalue weighted by molar-refractivity contribution is 5.98. The Morgan fingerprint density at radius 1 is 1.15 bits per heavy atom. The van der Waals surface area contributed by atoms with Gasteiger partial charge in [-0.05, 0) is 55.8 Å². The summed E-state index contributed by atoms with van der Waals surface area (Å²) in [5, 5.41) is 7.34. The molecule has 34 heavy (non-hydrogen) atoms. The number of benzene rings is 2. The average Bonchev–Trinajstić information content (AvgIpc) is 3.31. The first-order valence-electron chi connectivity index (χ1n) is 11.4. The summed E-state index contributed by atoms with van der Waals surface area (Å²) in [6.07, 6.45) is 7.13. The summed E-state index contributed by atoms with van der Waals surface area (Å²) >= 11 is 0. The molecule has 0 spiro atoms. The van der Waals surface area contributed by atoms with Crippen molar-refractivity contribution in [3.05, 3.63) is 78.5 Å². The molecule has 1 saturated heterocycles. The lowest BCUT2D eigenvalue weighted by Crippen LogP contribution is -2.37. The van der Waals surface area contributed by atoms with Crippen LogP contribution in [0.4, 0.5) is 0 Å². The summed E-state index contributed by atoms with van der Waals surface area (Å²) in [7, 11) is 1.61. The van der Waals surface area contributed by atoms with E-state index in [0.29, 0.717) is 23.6 Å². The molecule has 1 fully saturated rings. The summed E-state index contributed by atoms with van der Waals surface area (Å²) in [5.74, 6) is 0.829. The third-order valence-corrected chi connectivity index (χ3v) is 5.84. The van der Waals surface area contributed by atoms with E-state index in [4.69, 9.17) is 15.6 Å². The highest BCUT2D eigenvalue weighted by atomic mass is 16.5. The van der Waals surface area contributed by atoms with Crippen molar-refractivity contribution in [2.24, 2.45) is 5.73 Å². The fraction of sp³-hybridized carbons (Fsp3) is 0.269. The third-order valence-electron chi connectivity index (χ3n) is 5.84. The predicted octanol–water partition coefficient (Wildman–Crippen LogP) is 3.38. The molecule has 1 aromatic heterocycles. The molecule has 0 saturated carbocycles. The van der Waals surface area contributed by atoms with Crippen LogP contribution in [0, 0.1) is 0 Å². The van der Waals surface area contributed by atoms with Crippen LogP contribution in [0.25, 0.3) is 11.3 Å². The maximum atomic E-state index is 12.2. The maximum Gasteiger partial charge on any atom is 0.252 e. The monoisotopic (exact) mass is 459 g/mol. The fourth-order valence-electron chi connectivity index (χ4n) is 4.08. The second kappa shape index (κ2) is 10.8. The molecule has 8 nitrogen and oxygen atoms in total. The smallest absolute Gasteiger partial charge is 0.252 e. The van der Waals surface area contributed by atoms with Crippen molar-refractivity contribution >= 4 is 11.8 Å². The first kappa shape index (κ1) is 23.3. The number of carbonyl (C=O) groups excluding carboxylic acids is 2. The van der Waals surface area contributed by atoms with Crippen LogP contribution in [0.5, 0.6) is 11.5 Å². The largest absolute Gasteiger partial charge is 0.457 e. The van der Waals surface area contributed by atoms with E-state index in [9.17, 15) is 9.59 Å². The summed E-state index contributed by atoms with van der Waals surface area (Å²) in [6.45, 7) is 2.42. The van der Waals surface area contributed by atoms with Crippen molar-refractivity contribution in [2.45, 2.75) is 18.9 Å². The molecule has 0 radical (unpaired) electrons. The van der Waals surface area contributed by atoms with Gasteiger partial charge in [0.25, 0.3) is 5.91 Å². The molecule has 176 valence electrons. The second-order valence-electron chi connectivity index (χ2n) is 8.25. The van der Waals surface area contributed by atoms with Gasteiger partial charge in [0, 0.05) is 38.0 Å². The Hall–Kier alpha value is -3.91. The van der Waals surface area contributed by atoms with Crippen LogP contribution in [0.1, 0.15) is 29.2 Å². The van der Waals surface area contributed by atoms with Gasteiger partial charge in [0.05, 0.1) is 11.6 Å². The molecular weight excluding hydrogens is 430 g/mol. The standard InChI is InChI=1S/C26H29N5O3/c1-28-24(32)10-6-16-30-15-5-7-20(17-30)31-18-23(26(27)33)25(29-31)19-11-13-22(14-12-19)34-21-8-3-2-4-9-21/h2-4,6,8-14,18,20H,5,7,15-17H2,1H3,(H2,27,33)(H,28,32)/t20-/m1/s1. The number of hydrogen-bond acceptors (Lipinski definition) is 5. The number of nitrogens with one attached hydrogen (secondary N) is 1. The lowest BCUT2D eigenvalue weighted by molar-refractivity contribution is -0.116. The minimum absolute atomic E-state index is 0.114. The normalized spacial score (nSPS) is 16.4. The van der Waals surface area contributed by atoms with E-state index >= 15 is 0 Å². The Labute approximate surface area is 199 Å². The average molecular weight is 460 g/mol. The molecule has 1 aliphatic rings. The number of aromatic nitrogens is 2. The molecule has 2 amide bonds. The summed E-state index contributed by atoms with van der Waals surface area (Å²) in [4.78, 5) is 25.9. The van der Waals surface area contributed by atoms with E-state index in [1.165, 1.54) is 0 Å². The van der Waals surface area contributed by atoms with Gasteiger partial charge in [-0.15, -0.1) is 0 Å². The molecule has 4 rings (SSSR count). The van der Waals surface area contributed by atoms with Gasteiger partial charge in [-0.3, -0.25) is 19.2 Å². The fourth-order valence-corrected chi connectivity index (χ4v) is 4.08. The molecule has 1 atom stereocenters. The third kappa shape index (κ3) is 5.71. The molecule has 0 bridgehead atoms. The van der Waals surface area contributed by atoms with E-state index < -0.39 is 5.91 Å². The van der Waals surface area contributed by atoms with Crippen molar-refractivity contribution in [1.82, 2.24) is 20.0 Å². The molecule has 0 unspecified atom stereocenters. The highest BCUT2D eigenvalue weighted by Gasteiger charge is 2.24. The molecule has 3 N–H and O–H groups in total. The van der Waals surface area contributed by atoms with Gasteiger partial charge in [0.1, 0.15) is 17.2 Å². The Balaban J connectivity index is 1.50. The number of rotatable bonds is 8. The van der Waals surface area contributed by atoms with E-state index in [0.717, 1.165) is 37.2 Å². The van der Waals surface area contributed by atoms with Gasteiger partial charge in [-0.2, -0.15) is 5.10 Å². The van der Waals surface area contributed by atoms with Crippen LogP contribution in [-0.4, -0.2) is 53.2 Å². The summed E-state index contributed by atoms with van der Waals surface area (Å²) in [5.41, 5.74) is 7.45. The van der Waals surface area contributed by atoms with Gasteiger partial charge in [0.15, 0.2) is 0 Å². The molecule has 2 aromatic carbocycles. The Morgan fingerprint density at radius 3 is 2.59 bits per heavy atom. The van der Waals surface area contributed by atoms with E-state index in [1.807, 2.05) is 65.4 Å². The number of carbonyl (C=O) groups is 2. The van der Waals surface area contributed by atoms with Crippen molar-refractivity contribution < 1.29 is 14.3 Å². The van der Waals surface area contributed by atoms with Gasteiger partial charge < -0.3 is 15.8 Å². The van der Waals surface area contributed by atoms with Gasteiger partial charge in [-0.25, -0.2) is 0 Å². The quantitative estimate of drug-likeness (QED) is 0.503. The number of amides is 2. The maximum absolute atomic E-state index is 12.2. The lowest BCUT2D eigenvalue weighted by Gasteiger charge is -2.32. The number of likely N-dealkylation sites (tertiary alicyclic amines) is 1. The van der Waals surface area contributed by atoms with Gasteiger partial charge in [0.2, 0.25) is 5.91 Å². The van der Waals surface area contributed by atoms with Crippen LogP contribution < -0.4 is 15.8 Å². The first-order valence-corrected chi connectivity index (χ1v) is 11.4. The first-order chi connectivity index (χ1) is 16.5. The van der Waals surface area contributed by atoms with Crippen LogP contribution in [0.3, 0.4) is 0 Å². The van der Waals surface area contributed by atoms with Crippen molar-refractivity contribution in [1.29, 1.82) is 0 Å². The Bertz CT molecular complexity index is 1150. The van der Waals surface area contributed by atoms with E-state index in [2.05, 4.69) is 10.2 Å². The molecular formula is C26H29N5O3. The van der Waals surface area contributed by atoms with Gasteiger partial charge in [-0.1, -0.05) is 24.3 Å². The number of hydrogen-bond donors (Lipinski definition) is 2. The van der Waals surface area contributed by atoms with Gasteiger partial charge >= 0.3 is 0 Å². The number of ether oxygens (including phenoxy) is 1. The number of nitrogens with two attached hydrogens (primary N) is 1. The SMILES string of the molecule is CNC(=O)C=CCN1CCC[C@@H](n2cc(C(N)=O)c(-c3ccc(Oc4ccccc4)cc3)n2)C1. The number of piperidine rings is 1. The Kier molecular flexibility index (Phi) is 7.39. The number of likely N-dealkylation sites (N-methyl/N-ethyl adjacent to an activating group) is 1. The van der Waals surface area contributed by atoms with Crippen LogP contribution in [-0.2, 0) is 4.79 Å². The van der Waals surface area contributed by atoms with E-state index in [1.54, 1.807) is 19.3 Å². The molecule has 0 aliphatic carbocycles. The topological polar surface area (TPSA) is 102 Å².